The van der Waals surface area contributed by atoms with Crippen molar-refractivity contribution >= 4 is 21.7 Å². The lowest BCUT2D eigenvalue weighted by Crippen LogP contribution is -2.43. The summed E-state index contributed by atoms with van der Waals surface area (Å²) in [6, 6.07) is 4.67. The molecule has 1 aliphatic rings. The summed E-state index contributed by atoms with van der Waals surface area (Å²) in [6.07, 6.45) is -0.586. The van der Waals surface area contributed by atoms with Crippen molar-refractivity contribution in [2.75, 3.05) is 19.7 Å². The smallest absolute Gasteiger partial charge is 0.195 e. The van der Waals surface area contributed by atoms with Gasteiger partial charge in [0.2, 0.25) is 0 Å². The van der Waals surface area contributed by atoms with Crippen LogP contribution in [0.5, 0.6) is 0 Å². The van der Waals surface area contributed by atoms with Crippen molar-refractivity contribution in [3.05, 3.63) is 34.1 Å². The summed E-state index contributed by atoms with van der Waals surface area (Å²) in [6.45, 7) is 1.64. The first-order valence-corrected chi connectivity index (χ1v) is 5.80. The molecule has 0 saturated carbocycles. The minimum absolute atomic E-state index is 0.0723. The highest BCUT2D eigenvalue weighted by molar-refractivity contribution is 9.10. The molecule has 1 aliphatic heterocycles. The van der Waals surface area contributed by atoms with Crippen LogP contribution in [0.4, 0.5) is 4.39 Å². The maximum absolute atomic E-state index is 13.7. The highest BCUT2D eigenvalue weighted by Gasteiger charge is 2.25. The van der Waals surface area contributed by atoms with Crippen LogP contribution in [0.25, 0.3) is 0 Å². The number of nitrogens with one attached hydrogen (secondary N) is 1. The fraction of sp³-hybridized carbons (Fsp3) is 0.364. The van der Waals surface area contributed by atoms with E-state index in [2.05, 4.69) is 21.2 Å². The molecule has 1 N–H and O–H groups in total. The van der Waals surface area contributed by atoms with Gasteiger partial charge in [-0.15, -0.1) is 0 Å². The van der Waals surface area contributed by atoms with Gasteiger partial charge in [-0.3, -0.25) is 4.79 Å². The number of ether oxygens (including phenoxy) is 1. The molecule has 2 rings (SSSR count). The SMILES string of the molecule is O=C(c1cccc(Br)c1F)C1CNCCO1. The Morgan fingerprint density at radius 3 is 3.06 bits per heavy atom. The average molecular weight is 288 g/mol. The molecule has 1 aromatic rings. The lowest BCUT2D eigenvalue weighted by atomic mass is 10.0. The molecule has 0 aromatic heterocycles. The highest BCUT2D eigenvalue weighted by Crippen LogP contribution is 2.20. The molecule has 1 saturated heterocycles. The molecular weight excluding hydrogens is 277 g/mol. The summed E-state index contributed by atoms with van der Waals surface area (Å²) < 4.78 is 19.3. The van der Waals surface area contributed by atoms with E-state index in [-0.39, 0.29) is 11.3 Å². The molecule has 5 heteroatoms. The third-order valence-electron chi connectivity index (χ3n) is 2.44. The van der Waals surface area contributed by atoms with Crippen LogP contribution >= 0.6 is 15.9 Å². The molecule has 1 unspecified atom stereocenters. The van der Waals surface area contributed by atoms with Crippen molar-refractivity contribution in [1.82, 2.24) is 5.32 Å². The van der Waals surface area contributed by atoms with Crippen LogP contribution in [0.3, 0.4) is 0 Å². The lowest BCUT2D eigenvalue weighted by Gasteiger charge is -2.22. The summed E-state index contributed by atoms with van der Waals surface area (Å²) in [5, 5.41) is 3.04. The third-order valence-corrected chi connectivity index (χ3v) is 3.05. The van der Waals surface area contributed by atoms with Gasteiger partial charge in [0.1, 0.15) is 11.9 Å². The van der Waals surface area contributed by atoms with Crippen LogP contribution in [0, 0.1) is 5.82 Å². The van der Waals surface area contributed by atoms with E-state index in [1.54, 1.807) is 12.1 Å². The van der Waals surface area contributed by atoms with E-state index in [0.717, 1.165) is 6.54 Å². The molecule has 0 aliphatic carbocycles. The van der Waals surface area contributed by atoms with E-state index in [1.807, 2.05) is 0 Å². The second-order valence-electron chi connectivity index (χ2n) is 3.53. The second kappa shape index (κ2) is 5.03. The monoisotopic (exact) mass is 287 g/mol. The maximum Gasteiger partial charge on any atom is 0.195 e. The van der Waals surface area contributed by atoms with Crippen molar-refractivity contribution in [2.45, 2.75) is 6.10 Å². The third kappa shape index (κ3) is 2.31. The van der Waals surface area contributed by atoms with E-state index in [9.17, 15) is 9.18 Å². The number of carbonyl (C=O) groups is 1. The zero-order valence-corrected chi connectivity index (χ0v) is 10.1. The lowest BCUT2D eigenvalue weighted by molar-refractivity contribution is 0.0266. The molecule has 1 aromatic carbocycles. The van der Waals surface area contributed by atoms with E-state index in [4.69, 9.17) is 4.74 Å². The van der Waals surface area contributed by atoms with Gasteiger partial charge in [0.15, 0.2) is 5.78 Å². The Bertz CT molecular complexity index is 405. The number of ketones is 1. The van der Waals surface area contributed by atoms with Crippen molar-refractivity contribution in [1.29, 1.82) is 0 Å². The molecular formula is C11H11BrFNO2. The minimum Gasteiger partial charge on any atom is -0.367 e. The van der Waals surface area contributed by atoms with E-state index in [1.165, 1.54) is 6.07 Å². The first-order valence-electron chi connectivity index (χ1n) is 5.00. The number of hydrogen-bond acceptors (Lipinski definition) is 3. The number of morpholine rings is 1. The normalized spacial score (nSPS) is 20.8. The molecule has 16 heavy (non-hydrogen) atoms. The van der Waals surface area contributed by atoms with Crippen LogP contribution in [-0.4, -0.2) is 31.6 Å². The zero-order chi connectivity index (χ0) is 11.5. The Hall–Kier alpha value is -0.780. The van der Waals surface area contributed by atoms with Gasteiger partial charge in [-0.25, -0.2) is 4.39 Å². The first-order chi connectivity index (χ1) is 7.70. The Kier molecular flexibility index (Phi) is 3.68. The van der Waals surface area contributed by atoms with Gasteiger partial charge < -0.3 is 10.1 Å². The fourth-order valence-electron chi connectivity index (χ4n) is 1.60. The highest BCUT2D eigenvalue weighted by atomic mass is 79.9. The Labute approximate surface area is 101 Å². The van der Waals surface area contributed by atoms with Crippen LogP contribution < -0.4 is 5.32 Å². The van der Waals surface area contributed by atoms with Gasteiger partial charge in [-0.05, 0) is 28.1 Å². The average Bonchev–Trinajstić information content (AvgIpc) is 2.33. The molecule has 1 heterocycles. The van der Waals surface area contributed by atoms with E-state index >= 15 is 0 Å². The molecule has 0 amide bonds. The summed E-state index contributed by atoms with van der Waals surface area (Å²) in [5.74, 6) is -0.840. The fourth-order valence-corrected chi connectivity index (χ4v) is 1.97. The number of Topliss-reactive ketones (excluding diaryl/α,β-unsaturated/α-hetero) is 1. The predicted molar refractivity (Wildman–Crippen MR) is 61.0 cm³/mol. The van der Waals surface area contributed by atoms with Gasteiger partial charge in [0, 0.05) is 13.1 Å². The maximum atomic E-state index is 13.7. The molecule has 3 nitrogen and oxygen atoms in total. The molecule has 0 radical (unpaired) electrons. The quantitative estimate of drug-likeness (QED) is 0.843. The van der Waals surface area contributed by atoms with Gasteiger partial charge in [0.05, 0.1) is 16.6 Å². The number of halogens is 2. The van der Waals surface area contributed by atoms with Crippen molar-refractivity contribution < 1.29 is 13.9 Å². The number of carbonyl (C=O) groups excluding carboxylic acids is 1. The summed E-state index contributed by atoms with van der Waals surface area (Å²) >= 11 is 3.05. The number of rotatable bonds is 2. The first kappa shape index (κ1) is 11.7. The minimum atomic E-state index is -0.586. The van der Waals surface area contributed by atoms with E-state index in [0.29, 0.717) is 17.6 Å². The van der Waals surface area contributed by atoms with Crippen LogP contribution in [0.15, 0.2) is 22.7 Å². The standard InChI is InChI=1S/C11H11BrFNO2/c12-8-3-1-2-7(10(8)13)11(15)9-6-14-4-5-16-9/h1-3,9,14H,4-6H2. The Morgan fingerprint density at radius 2 is 2.38 bits per heavy atom. The zero-order valence-electron chi connectivity index (χ0n) is 8.50. The Balaban J connectivity index is 2.22. The summed E-state index contributed by atoms with van der Waals surface area (Å²) in [5.41, 5.74) is 0.0723. The Morgan fingerprint density at radius 1 is 1.56 bits per heavy atom. The van der Waals surface area contributed by atoms with Gasteiger partial charge >= 0.3 is 0 Å². The molecule has 86 valence electrons. The topological polar surface area (TPSA) is 38.3 Å². The van der Waals surface area contributed by atoms with E-state index < -0.39 is 11.9 Å². The van der Waals surface area contributed by atoms with Gasteiger partial charge in [0.25, 0.3) is 0 Å². The molecule has 1 atom stereocenters. The van der Waals surface area contributed by atoms with Crippen molar-refractivity contribution in [2.24, 2.45) is 0 Å². The molecule has 0 bridgehead atoms. The second-order valence-corrected chi connectivity index (χ2v) is 4.38. The van der Waals surface area contributed by atoms with Crippen molar-refractivity contribution in [3.8, 4) is 0 Å². The number of benzene rings is 1. The number of hydrogen-bond donors (Lipinski definition) is 1. The summed E-state index contributed by atoms with van der Waals surface area (Å²) in [4.78, 5) is 11.9. The van der Waals surface area contributed by atoms with Gasteiger partial charge in [-0.2, -0.15) is 0 Å². The molecule has 1 fully saturated rings. The van der Waals surface area contributed by atoms with Crippen LogP contribution in [0.2, 0.25) is 0 Å². The summed E-state index contributed by atoms with van der Waals surface area (Å²) in [7, 11) is 0. The molecule has 0 spiro atoms. The van der Waals surface area contributed by atoms with Crippen LogP contribution in [0.1, 0.15) is 10.4 Å². The van der Waals surface area contributed by atoms with Crippen LogP contribution in [-0.2, 0) is 4.74 Å². The predicted octanol–water partition coefficient (Wildman–Crippen LogP) is 1.76. The van der Waals surface area contributed by atoms with Gasteiger partial charge in [-0.1, -0.05) is 6.07 Å². The van der Waals surface area contributed by atoms with Crippen molar-refractivity contribution in [3.63, 3.8) is 0 Å². The largest absolute Gasteiger partial charge is 0.367 e.